The van der Waals surface area contributed by atoms with Gasteiger partial charge in [0.05, 0.1) is 0 Å². The lowest BCUT2D eigenvalue weighted by Crippen LogP contribution is -2.10. The molecule has 0 saturated heterocycles. The molecule has 10 rings (SSSR count). The first-order chi connectivity index (χ1) is 31.2. The molecule has 0 unspecified atom stereocenters. The highest BCUT2D eigenvalue weighted by atomic mass is 15.2. The van der Waals surface area contributed by atoms with Gasteiger partial charge < -0.3 is 14.7 Å². The second kappa shape index (κ2) is 18.1. The Hall–Kier alpha value is -8.40. The molecule has 3 nitrogen and oxygen atoms in total. The molecule has 0 heterocycles. The number of hydrogen-bond acceptors (Lipinski definition) is 3. The predicted molar refractivity (Wildman–Crippen MR) is 267 cm³/mol. The van der Waals surface area contributed by atoms with Gasteiger partial charge in [-0.3, -0.25) is 0 Å². The van der Waals surface area contributed by atoms with Crippen LogP contribution in [0, 0.1) is 0 Å². The van der Waals surface area contributed by atoms with Crippen LogP contribution in [-0.4, -0.2) is 0 Å². The minimum Gasteiger partial charge on any atom is -0.311 e. The Kier molecular flexibility index (Phi) is 11.1. The third-order valence-corrected chi connectivity index (χ3v) is 11.4. The average molecular weight is 808 g/mol. The highest BCUT2D eigenvalue weighted by Gasteiger charge is 2.16. The fourth-order valence-corrected chi connectivity index (χ4v) is 8.34. The van der Waals surface area contributed by atoms with E-state index in [1.54, 1.807) is 0 Å². The van der Waals surface area contributed by atoms with E-state index in [-0.39, 0.29) is 0 Å². The molecule has 0 amide bonds. The Morgan fingerprint density at radius 1 is 0.143 bits per heavy atom. The van der Waals surface area contributed by atoms with Crippen LogP contribution >= 0.6 is 0 Å². The first-order valence-corrected chi connectivity index (χ1v) is 21.4. The molecule has 0 aliphatic carbocycles. The highest BCUT2D eigenvalue weighted by Crippen LogP contribution is 2.40. The van der Waals surface area contributed by atoms with E-state index in [2.05, 4.69) is 288 Å². The first kappa shape index (κ1) is 38.8. The van der Waals surface area contributed by atoms with E-state index in [4.69, 9.17) is 0 Å². The second-order valence-electron chi connectivity index (χ2n) is 15.5. The molecule has 3 heteroatoms. The van der Waals surface area contributed by atoms with Crippen molar-refractivity contribution < 1.29 is 0 Å². The summed E-state index contributed by atoms with van der Waals surface area (Å²) in [5.74, 6) is 0. The van der Waals surface area contributed by atoms with Gasteiger partial charge in [-0.15, -0.1) is 0 Å². The molecule has 63 heavy (non-hydrogen) atoms. The fraction of sp³-hybridized carbons (Fsp3) is 0. The van der Waals surface area contributed by atoms with Crippen molar-refractivity contribution in [2.45, 2.75) is 0 Å². The summed E-state index contributed by atoms with van der Waals surface area (Å²) in [5, 5.41) is 0. The van der Waals surface area contributed by atoms with Crippen molar-refractivity contribution >= 4 is 51.2 Å². The Balaban J connectivity index is 0.916. The summed E-state index contributed by atoms with van der Waals surface area (Å²) >= 11 is 0. The summed E-state index contributed by atoms with van der Waals surface area (Å²) in [5.41, 5.74) is 17.0. The van der Waals surface area contributed by atoms with E-state index in [1.165, 1.54) is 16.7 Å². The van der Waals surface area contributed by atoms with Gasteiger partial charge in [0.15, 0.2) is 0 Å². The molecule has 0 spiro atoms. The molecule has 10 aromatic rings. The van der Waals surface area contributed by atoms with Crippen LogP contribution in [0.5, 0.6) is 0 Å². The Morgan fingerprint density at radius 3 is 0.635 bits per heavy atom. The molecule has 0 radical (unpaired) electrons. The van der Waals surface area contributed by atoms with Crippen molar-refractivity contribution in [3.05, 3.63) is 273 Å². The number of hydrogen-bond donors (Lipinski definition) is 0. The van der Waals surface area contributed by atoms with Gasteiger partial charge in [0.25, 0.3) is 0 Å². The Morgan fingerprint density at radius 2 is 0.349 bits per heavy atom. The molecule has 0 fully saturated rings. The van der Waals surface area contributed by atoms with Crippen LogP contribution in [0.2, 0.25) is 0 Å². The number of para-hydroxylation sites is 5. The predicted octanol–water partition coefficient (Wildman–Crippen LogP) is 17.1. The molecule has 10 aromatic carbocycles. The van der Waals surface area contributed by atoms with E-state index < -0.39 is 0 Å². The van der Waals surface area contributed by atoms with E-state index in [9.17, 15) is 0 Å². The smallest absolute Gasteiger partial charge is 0.0467 e. The molecule has 0 aliphatic rings. The third-order valence-electron chi connectivity index (χ3n) is 11.4. The fourth-order valence-electron chi connectivity index (χ4n) is 8.34. The van der Waals surface area contributed by atoms with Gasteiger partial charge in [-0.1, -0.05) is 164 Å². The summed E-state index contributed by atoms with van der Waals surface area (Å²) in [6.07, 6.45) is 0. The van der Waals surface area contributed by atoms with Gasteiger partial charge in [-0.2, -0.15) is 0 Å². The maximum Gasteiger partial charge on any atom is 0.0467 e. The van der Waals surface area contributed by atoms with Gasteiger partial charge in [0.2, 0.25) is 0 Å². The zero-order valence-corrected chi connectivity index (χ0v) is 34.8. The zero-order chi connectivity index (χ0) is 42.2. The highest BCUT2D eigenvalue weighted by molar-refractivity contribution is 5.84. The molecule has 0 atom stereocenters. The van der Waals surface area contributed by atoms with Crippen LogP contribution in [-0.2, 0) is 0 Å². The molecule has 0 bridgehead atoms. The molecule has 0 saturated carbocycles. The largest absolute Gasteiger partial charge is 0.311 e. The van der Waals surface area contributed by atoms with Crippen molar-refractivity contribution in [3.8, 4) is 33.4 Å². The Bertz CT molecular complexity index is 2930. The van der Waals surface area contributed by atoms with E-state index in [0.717, 1.165) is 67.9 Å². The van der Waals surface area contributed by atoms with Gasteiger partial charge in [0, 0.05) is 51.2 Å². The number of benzene rings is 10. The third kappa shape index (κ3) is 8.50. The summed E-state index contributed by atoms with van der Waals surface area (Å²) in [7, 11) is 0. The van der Waals surface area contributed by atoms with Crippen LogP contribution in [0.3, 0.4) is 0 Å². The van der Waals surface area contributed by atoms with Crippen LogP contribution in [0.25, 0.3) is 33.4 Å². The van der Waals surface area contributed by atoms with Crippen LogP contribution < -0.4 is 14.7 Å². The molecule has 0 N–H and O–H groups in total. The van der Waals surface area contributed by atoms with E-state index in [0.29, 0.717) is 0 Å². The summed E-state index contributed by atoms with van der Waals surface area (Å²) in [4.78, 5) is 6.93. The minimum absolute atomic E-state index is 1.09. The van der Waals surface area contributed by atoms with Crippen molar-refractivity contribution in [2.75, 3.05) is 14.7 Å². The number of rotatable bonds is 12. The topological polar surface area (TPSA) is 9.72 Å². The monoisotopic (exact) mass is 807 g/mol. The number of anilines is 9. The van der Waals surface area contributed by atoms with Gasteiger partial charge >= 0.3 is 0 Å². The van der Waals surface area contributed by atoms with E-state index >= 15 is 0 Å². The maximum atomic E-state index is 2.33. The number of nitrogens with zero attached hydrogens (tertiary/aromatic N) is 3. The summed E-state index contributed by atoms with van der Waals surface area (Å²) < 4.78 is 0. The average Bonchev–Trinajstić information content (AvgIpc) is 3.37. The molecular weight excluding hydrogens is 763 g/mol. The first-order valence-electron chi connectivity index (χ1n) is 21.4. The minimum atomic E-state index is 1.09. The quantitative estimate of drug-likeness (QED) is 0.122. The molecule has 0 aromatic heterocycles. The van der Waals surface area contributed by atoms with Crippen molar-refractivity contribution in [1.29, 1.82) is 0 Å². The molecule has 0 aliphatic heterocycles. The summed E-state index contributed by atoms with van der Waals surface area (Å²) in [6, 6.07) is 97.1. The molecular formula is C60H45N3. The summed E-state index contributed by atoms with van der Waals surface area (Å²) in [6.45, 7) is 0. The van der Waals surface area contributed by atoms with Crippen LogP contribution in [0.4, 0.5) is 51.2 Å². The van der Waals surface area contributed by atoms with Crippen molar-refractivity contribution in [2.24, 2.45) is 0 Å². The second-order valence-corrected chi connectivity index (χ2v) is 15.5. The van der Waals surface area contributed by atoms with E-state index in [1.807, 2.05) is 0 Å². The van der Waals surface area contributed by atoms with Gasteiger partial charge in [-0.25, -0.2) is 0 Å². The van der Waals surface area contributed by atoms with Crippen LogP contribution in [0.1, 0.15) is 0 Å². The molecule has 300 valence electrons. The standard InChI is InChI=1S/C60H45N3/c1-6-20-52(21-7-1)61(53-22-8-2-9-23-53)57-40-36-46(37-41-57)47-38-42-58(43-39-47)63(56-28-14-5-15-29-56)60-31-17-19-51(45-60)49-34-32-48(33-35-49)50-18-16-30-59(44-50)62(54-24-10-3-11-25-54)55-26-12-4-13-27-55/h1-45H. The maximum absolute atomic E-state index is 2.33. The van der Waals surface area contributed by atoms with Crippen molar-refractivity contribution in [3.63, 3.8) is 0 Å². The Labute approximate surface area is 370 Å². The van der Waals surface area contributed by atoms with Crippen molar-refractivity contribution in [1.82, 2.24) is 0 Å². The van der Waals surface area contributed by atoms with Gasteiger partial charge in [-0.05, 0) is 143 Å². The lowest BCUT2D eigenvalue weighted by Gasteiger charge is -2.26. The lowest BCUT2D eigenvalue weighted by molar-refractivity contribution is 1.28. The normalized spacial score (nSPS) is 10.9. The van der Waals surface area contributed by atoms with Gasteiger partial charge in [0.1, 0.15) is 0 Å². The van der Waals surface area contributed by atoms with Crippen LogP contribution in [0.15, 0.2) is 273 Å². The SMILES string of the molecule is c1ccc(N(c2ccccc2)c2ccc(-c3ccc(N(c4ccccc4)c4cccc(-c5ccc(-c6cccc(N(c7ccccc7)c7ccccc7)c6)cc5)c4)cc3)cc2)cc1. The zero-order valence-electron chi connectivity index (χ0n) is 34.8. The lowest BCUT2D eigenvalue weighted by atomic mass is 9.99.